The third-order valence-corrected chi connectivity index (χ3v) is 6.23. The summed E-state index contributed by atoms with van der Waals surface area (Å²) in [6.45, 7) is 6.03. The van der Waals surface area contributed by atoms with Gasteiger partial charge in [-0.25, -0.2) is 0 Å². The van der Waals surface area contributed by atoms with Crippen LogP contribution in [0.25, 0.3) is 0 Å². The standard InChI is InChI=1S/C18H22N2O2S/c1-15-8-9-16(2)18(12-15)14-20-11-10-19(23(20,21)22)13-17-6-4-3-5-7-17/h3-9,12H,10-11,13-14H2,1-2H3. The van der Waals surface area contributed by atoms with Gasteiger partial charge in [0.25, 0.3) is 10.2 Å². The highest BCUT2D eigenvalue weighted by molar-refractivity contribution is 7.86. The van der Waals surface area contributed by atoms with Gasteiger partial charge in [-0.05, 0) is 30.5 Å². The van der Waals surface area contributed by atoms with Gasteiger partial charge < -0.3 is 0 Å². The minimum atomic E-state index is -3.39. The van der Waals surface area contributed by atoms with Gasteiger partial charge in [-0.2, -0.15) is 17.0 Å². The van der Waals surface area contributed by atoms with Crippen LogP contribution in [0.1, 0.15) is 22.3 Å². The summed E-state index contributed by atoms with van der Waals surface area (Å²) in [7, 11) is -3.39. The number of hydrogen-bond acceptors (Lipinski definition) is 2. The van der Waals surface area contributed by atoms with E-state index in [4.69, 9.17) is 0 Å². The molecule has 1 aliphatic heterocycles. The van der Waals surface area contributed by atoms with E-state index >= 15 is 0 Å². The Morgan fingerprint density at radius 1 is 0.913 bits per heavy atom. The van der Waals surface area contributed by atoms with Crippen molar-refractivity contribution in [1.82, 2.24) is 8.61 Å². The molecule has 0 aromatic heterocycles. The molecule has 2 aromatic rings. The molecule has 1 saturated heterocycles. The first-order valence-corrected chi connectivity index (χ1v) is 9.22. The third-order valence-electron chi connectivity index (χ3n) is 4.30. The lowest BCUT2D eigenvalue weighted by molar-refractivity contribution is 0.437. The zero-order valence-electron chi connectivity index (χ0n) is 13.6. The van der Waals surface area contributed by atoms with Crippen LogP contribution in [-0.4, -0.2) is 30.1 Å². The highest BCUT2D eigenvalue weighted by Crippen LogP contribution is 2.23. The molecule has 0 aliphatic carbocycles. The van der Waals surface area contributed by atoms with Crippen molar-refractivity contribution in [3.63, 3.8) is 0 Å². The van der Waals surface area contributed by atoms with E-state index in [1.165, 1.54) is 0 Å². The molecule has 1 fully saturated rings. The fourth-order valence-electron chi connectivity index (χ4n) is 2.89. The predicted octanol–water partition coefficient (Wildman–Crippen LogP) is 2.87. The van der Waals surface area contributed by atoms with Gasteiger partial charge >= 0.3 is 0 Å². The smallest absolute Gasteiger partial charge is 0.195 e. The number of aryl methyl sites for hydroxylation is 2. The topological polar surface area (TPSA) is 40.6 Å². The average Bonchev–Trinajstić information content (AvgIpc) is 2.79. The maximum absolute atomic E-state index is 12.7. The quantitative estimate of drug-likeness (QED) is 0.865. The predicted molar refractivity (Wildman–Crippen MR) is 92.1 cm³/mol. The van der Waals surface area contributed by atoms with Gasteiger partial charge in [-0.15, -0.1) is 0 Å². The van der Waals surface area contributed by atoms with Crippen LogP contribution in [0.2, 0.25) is 0 Å². The van der Waals surface area contributed by atoms with Gasteiger partial charge in [0.15, 0.2) is 0 Å². The molecule has 0 N–H and O–H groups in total. The molecule has 23 heavy (non-hydrogen) atoms. The first-order valence-electron chi connectivity index (χ1n) is 7.82. The Hall–Kier alpha value is -1.69. The van der Waals surface area contributed by atoms with E-state index in [0.29, 0.717) is 26.2 Å². The summed E-state index contributed by atoms with van der Waals surface area (Å²) in [5, 5.41) is 0. The molecule has 2 aromatic carbocycles. The van der Waals surface area contributed by atoms with E-state index in [9.17, 15) is 8.42 Å². The lowest BCUT2D eigenvalue weighted by atomic mass is 10.1. The summed E-state index contributed by atoms with van der Waals surface area (Å²) >= 11 is 0. The van der Waals surface area contributed by atoms with Crippen LogP contribution in [0.3, 0.4) is 0 Å². The molecule has 1 heterocycles. The molecular formula is C18H22N2O2S. The first kappa shape index (κ1) is 16.2. The summed E-state index contributed by atoms with van der Waals surface area (Å²) < 4.78 is 28.6. The number of benzene rings is 2. The van der Waals surface area contributed by atoms with E-state index in [2.05, 4.69) is 18.2 Å². The molecule has 0 bridgehead atoms. The molecule has 0 atom stereocenters. The van der Waals surface area contributed by atoms with Crippen molar-refractivity contribution in [3.05, 3.63) is 70.8 Å². The van der Waals surface area contributed by atoms with Gasteiger partial charge in [0, 0.05) is 26.2 Å². The molecule has 0 saturated carbocycles. The number of rotatable bonds is 4. The fourth-order valence-corrected chi connectivity index (χ4v) is 4.45. The summed E-state index contributed by atoms with van der Waals surface area (Å²) in [5.74, 6) is 0. The summed E-state index contributed by atoms with van der Waals surface area (Å²) in [4.78, 5) is 0. The molecular weight excluding hydrogens is 308 g/mol. The van der Waals surface area contributed by atoms with E-state index in [1.54, 1.807) is 8.61 Å². The van der Waals surface area contributed by atoms with E-state index in [-0.39, 0.29) is 0 Å². The Bertz CT molecular complexity index is 788. The minimum Gasteiger partial charge on any atom is -0.195 e. The number of hydrogen-bond donors (Lipinski definition) is 0. The molecule has 0 amide bonds. The molecule has 0 unspecified atom stereocenters. The SMILES string of the molecule is Cc1ccc(C)c(CN2CCN(Cc3ccccc3)S2(=O)=O)c1. The van der Waals surface area contributed by atoms with E-state index in [1.807, 2.05) is 44.2 Å². The second kappa shape index (κ2) is 6.43. The normalized spacial score (nSPS) is 18.3. The molecule has 0 radical (unpaired) electrons. The van der Waals surface area contributed by atoms with E-state index in [0.717, 1.165) is 22.3 Å². The lowest BCUT2D eigenvalue weighted by Gasteiger charge is -2.19. The molecule has 5 heteroatoms. The summed E-state index contributed by atoms with van der Waals surface area (Å²) in [5.41, 5.74) is 4.38. The van der Waals surface area contributed by atoms with Crippen LogP contribution in [0, 0.1) is 13.8 Å². The summed E-state index contributed by atoms with van der Waals surface area (Å²) in [6.07, 6.45) is 0. The van der Waals surface area contributed by atoms with Gasteiger partial charge in [0.2, 0.25) is 0 Å². The Morgan fingerprint density at radius 3 is 2.26 bits per heavy atom. The monoisotopic (exact) mass is 330 g/mol. The largest absolute Gasteiger partial charge is 0.282 e. The van der Waals surface area contributed by atoms with Gasteiger partial charge in [-0.1, -0.05) is 54.1 Å². The van der Waals surface area contributed by atoms with Gasteiger partial charge in [0.1, 0.15) is 0 Å². The van der Waals surface area contributed by atoms with Crippen molar-refractivity contribution in [2.24, 2.45) is 0 Å². The first-order chi connectivity index (χ1) is 11.0. The van der Waals surface area contributed by atoms with E-state index < -0.39 is 10.2 Å². The second-order valence-corrected chi connectivity index (χ2v) is 8.02. The summed E-state index contributed by atoms with van der Waals surface area (Å²) in [6, 6.07) is 15.9. The highest BCUT2D eigenvalue weighted by atomic mass is 32.2. The minimum absolute atomic E-state index is 0.437. The van der Waals surface area contributed by atoms with Crippen molar-refractivity contribution in [2.75, 3.05) is 13.1 Å². The van der Waals surface area contributed by atoms with Crippen LogP contribution in [0.4, 0.5) is 0 Å². The lowest BCUT2D eigenvalue weighted by Crippen LogP contribution is -2.32. The van der Waals surface area contributed by atoms with Crippen LogP contribution >= 0.6 is 0 Å². The van der Waals surface area contributed by atoms with Crippen LogP contribution in [0.5, 0.6) is 0 Å². The zero-order valence-corrected chi connectivity index (χ0v) is 14.4. The van der Waals surface area contributed by atoms with Crippen LogP contribution in [0.15, 0.2) is 48.5 Å². The van der Waals surface area contributed by atoms with Gasteiger partial charge in [-0.3, -0.25) is 0 Å². The van der Waals surface area contributed by atoms with Crippen molar-refractivity contribution in [1.29, 1.82) is 0 Å². The van der Waals surface area contributed by atoms with Crippen LogP contribution < -0.4 is 0 Å². The molecule has 122 valence electrons. The maximum atomic E-state index is 12.7. The second-order valence-electron chi connectivity index (χ2n) is 6.09. The maximum Gasteiger partial charge on any atom is 0.282 e. The Morgan fingerprint density at radius 2 is 1.57 bits per heavy atom. The Balaban J connectivity index is 1.77. The fraction of sp³-hybridized carbons (Fsp3) is 0.333. The molecule has 4 nitrogen and oxygen atoms in total. The van der Waals surface area contributed by atoms with Crippen molar-refractivity contribution < 1.29 is 8.42 Å². The highest BCUT2D eigenvalue weighted by Gasteiger charge is 2.36. The molecule has 1 aliphatic rings. The van der Waals surface area contributed by atoms with Crippen molar-refractivity contribution in [3.8, 4) is 0 Å². The molecule has 3 rings (SSSR count). The average molecular weight is 330 g/mol. The van der Waals surface area contributed by atoms with Gasteiger partial charge in [0.05, 0.1) is 0 Å². The zero-order chi connectivity index (χ0) is 16.4. The third kappa shape index (κ3) is 3.47. The van der Waals surface area contributed by atoms with Crippen molar-refractivity contribution >= 4 is 10.2 Å². The van der Waals surface area contributed by atoms with Crippen molar-refractivity contribution in [2.45, 2.75) is 26.9 Å². The Labute approximate surface area is 138 Å². The Kier molecular flexibility index (Phi) is 4.53. The molecule has 0 spiro atoms. The van der Waals surface area contributed by atoms with Crippen LogP contribution in [-0.2, 0) is 23.3 Å². The number of nitrogens with zero attached hydrogens (tertiary/aromatic N) is 2.